The molecule has 35 heavy (non-hydrogen) atoms. The minimum atomic E-state index is -0.205. The van der Waals surface area contributed by atoms with Crippen LogP contribution < -0.4 is 0 Å². The number of hydrogen-bond acceptors (Lipinski definition) is 5. The molecule has 1 N–H and O–H groups in total. The van der Waals surface area contributed by atoms with Crippen LogP contribution in [0.2, 0.25) is 0 Å². The topological polar surface area (TPSA) is 57.2 Å². The van der Waals surface area contributed by atoms with Crippen molar-refractivity contribution in [3.8, 4) is 23.7 Å². The molecule has 0 aromatic rings. The van der Waals surface area contributed by atoms with E-state index in [9.17, 15) is 5.11 Å². The number of allylic oxidation sites excluding steroid dienone is 1. The molecule has 2 saturated heterocycles. The van der Waals surface area contributed by atoms with Crippen molar-refractivity contribution in [2.45, 2.75) is 109 Å². The summed E-state index contributed by atoms with van der Waals surface area (Å²) in [4.78, 5) is 0. The predicted octanol–water partition coefficient (Wildman–Crippen LogP) is 5.22. The van der Waals surface area contributed by atoms with Crippen molar-refractivity contribution in [2.75, 3.05) is 19.8 Å². The summed E-state index contributed by atoms with van der Waals surface area (Å²) in [6.07, 6.45) is 12.7. The van der Waals surface area contributed by atoms with Crippen molar-refractivity contribution in [2.24, 2.45) is 23.7 Å². The van der Waals surface area contributed by atoms with E-state index in [1.165, 1.54) is 5.57 Å². The third kappa shape index (κ3) is 7.58. The Morgan fingerprint density at radius 1 is 1.06 bits per heavy atom. The first-order valence-corrected chi connectivity index (χ1v) is 14.0. The molecule has 0 amide bonds. The Morgan fingerprint density at radius 3 is 2.51 bits per heavy atom. The van der Waals surface area contributed by atoms with Gasteiger partial charge >= 0.3 is 0 Å². The van der Waals surface area contributed by atoms with Crippen molar-refractivity contribution < 1.29 is 24.1 Å². The molecule has 2 aliphatic heterocycles. The van der Waals surface area contributed by atoms with Crippen LogP contribution in [0, 0.1) is 47.4 Å². The van der Waals surface area contributed by atoms with Crippen LogP contribution in [0.25, 0.3) is 0 Å². The number of aliphatic hydroxyl groups excluding tert-OH is 1. The summed E-state index contributed by atoms with van der Waals surface area (Å²) in [5, 5.41) is 9.42. The molecule has 0 bridgehead atoms. The maximum Gasteiger partial charge on any atom is 0.159 e. The molecule has 0 spiro atoms. The van der Waals surface area contributed by atoms with E-state index in [0.717, 1.165) is 83.8 Å². The quantitative estimate of drug-likeness (QED) is 0.397. The van der Waals surface area contributed by atoms with Crippen molar-refractivity contribution in [3.63, 3.8) is 0 Å². The molecule has 2 saturated carbocycles. The lowest BCUT2D eigenvalue weighted by molar-refractivity contribution is -0.192. The summed E-state index contributed by atoms with van der Waals surface area (Å²) in [5.41, 5.74) is 1.37. The molecular formula is C30H44O5. The Hall–Kier alpha value is -1.34. The Balaban J connectivity index is 1.51. The van der Waals surface area contributed by atoms with Crippen LogP contribution in [-0.2, 0) is 18.9 Å². The maximum absolute atomic E-state index is 9.42. The van der Waals surface area contributed by atoms with Crippen molar-refractivity contribution in [3.05, 3.63) is 11.6 Å². The lowest BCUT2D eigenvalue weighted by Gasteiger charge is -2.29. The predicted molar refractivity (Wildman–Crippen MR) is 136 cm³/mol. The second-order valence-electron chi connectivity index (χ2n) is 10.6. The average Bonchev–Trinajstić information content (AvgIpc) is 3.40. The van der Waals surface area contributed by atoms with Gasteiger partial charge in [0.05, 0.1) is 18.6 Å². The zero-order valence-corrected chi connectivity index (χ0v) is 21.7. The van der Waals surface area contributed by atoms with Crippen LogP contribution in [-0.4, -0.2) is 49.7 Å². The highest BCUT2D eigenvalue weighted by molar-refractivity contribution is 5.22. The van der Waals surface area contributed by atoms with Gasteiger partial charge in [-0.05, 0) is 69.6 Å². The average molecular weight is 485 g/mol. The highest BCUT2D eigenvalue weighted by Crippen LogP contribution is 2.51. The number of ether oxygens (including phenoxy) is 4. The Morgan fingerprint density at radius 2 is 1.83 bits per heavy atom. The fourth-order valence-electron chi connectivity index (χ4n) is 6.03. The molecule has 8 atom stereocenters. The minimum Gasteiger partial charge on any atom is -0.392 e. The van der Waals surface area contributed by atoms with E-state index in [1.54, 1.807) is 0 Å². The second kappa shape index (κ2) is 13.8. The molecule has 4 aliphatic rings. The molecule has 3 unspecified atom stereocenters. The molecule has 4 rings (SSSR count). The molecule has 5 nitrogen and oxygen atoms in total. The van der Waals surface area contributed by atoms with Gasteiger partial charge in [-0.3, -0.25) is 0 Å². The smallest absolute Gasteiger partial charge is 0.159 e. The van der Waals surface area contributed by atoms with Gasteiger partial charge in [-0.1, -0.05) is 37.3 Å². The molecular weight excluding hydrogens is 440 g/mol. The van der Waals surface area contributed by atoms with E-state index in [-0.39, 0.29) is 43.2 Å². The molecule has 0 aromatic carbocycles. The van der Waals surface area contributed by atoms with Crippen LogP contribution in [0.15, 0.2) is 11.6 Å². The van der Waals surface area contributed by atoms with Gasteiger partial charge in [0.15, 0.2) is 12.6 Å². The first-order valence-electron chi connectivity index (χ1n) is 14.0. The summed E-state index contributed by atoms with van der Waals surface area (Å²) in [6.45, 7) is 5.94. The number of aliphatic hydroxyl groups is 1. The van der Waals surface area contributed by atoms with E-state index in [0.29, 0.717) is 11.8 Å². The maximum atomic E-state index is 9.42. The van der Waals surface area contributed by atoms with Crippen LogP contribution in [0.5, 0.6) is 0 Å². The number of hydrogen-bond donors (Lipinski definition) is 1. The number of fused-ring (bicyclic) bond motifs is 1. The Kier molecular flexibility index (Phi) is 10.6. The normalized spacial score (nSPS) is 35.5. The van der Waals surface area contributed by atoms with E-state index in [1.807, 2.05) is 6.08 Å². The van der Waals surface area contributed by atoms with Gasteiger partial charge in [0.25, 0.3) is 0 Å². The van der Waals surface area contributed by atoms with Gasteiger partial charge in [-0.15, -0.1) is 11.8 Å². The van der Waals surface area contributed by atoms with Crippen molar-refractivity contribution in [1.29, 1.82) is 0 Å². The molecule has 0 radical (unpaired) electrons. The fraction of sp³-hybridized carbons (Fsp3) is 0.800. The lowest BCUT2D eigenvalue weighted by atomic mass is 9.90. The summed E-state index contributed by atoms with van der Waals surface area (Å²) >= 11 is 0. The molecule has 4 fully saturated rings. The third-order valence-electron chi connectivity index (χ3n) is 7.94. The highest BCUT2D eigenvalue weighted by atomic mass is 16.7. The summed E-state index contributed by atoms with van der Waals surface area (Å²) in [5.74, 6) is 15.1. The molecule has 194 valence electrons. The Labute approximate surface area is 212 Å². The van der Waals surface area contributed by atoms with Gasteiger partial charge < -0.3 is 24.1 Å². The summed E-state index contributed by atoms with van der Waals surface area (Å²) in [6, 6.07) is 0. The molecule has 2 aliphatic carbocycles. The first kappa shape index (κ1) is 26.7. The second-order valence-corrected chi connectivity index (χ2v) is 10.6. The Bertz CT molecular complexity index is 802. The van der Waals surface area contributed by atoms with Gasteiger partial charge in [0.1, 0.15) is 6.10 Å². The van der Waals surface area contributed by atoms with E-state index >= 15 is 0 Å². The van der Waals surface area contributed by atoms with Crippen LogP contribution in [0.3, 0.4) is 0 Å². The van der Waals surface area contributed by atoms with E-state index in [2.05, 4.69) is 37.5 Å². The highest BCUT2D eigenvalue weighted by Gasteiger charge is 2.47. The number of rotatable bonds is 7. The first-order chi connectivity index (χ1) is 17.2. The fourth-order valence-corrected chi connectivity index (χ4v) is 6.03. The third-order valence-corrected chi connectivity index (χ3v) is 7.94. The molecule has 5 heteroatoms. The molecule has 2 heterocycles. The largest absolute Gasteiger partial charge is 0.392 e. The van der Waals surface area contributed by atoms with Crippen LogP contribution >= 0.6 is 0 Å². The van der Waals surface area contributed by atoms with Crippen molar-refractivity contribution >= 4 is 0 Å². The summed E-state index contributed by atoms with van der Waals surface area (Å²) < 4.78 is 24.8. The van der Waals surface area contributed by atoms with E-state index < -0.39 is 0 Å². The van der Waals surface area contributed by atoms with Gasteiger partial charge in [-0.25, -0.2) is 0 Å². The van der Waals surface area contributed by atoms with Crippen LogP contribution in [0.1, 0.15) is 84.5 Å². The standard InChI is InChI=1S/C30H44O5/c1-3-4-5-10-22(2)27(34-29-11-6-8-17-32-29)14-13-25-26-20-23(15-16-31)19-24(26)21-28(25)35-30-12-7-9-18-33-30/h15,22,24-31H,3,6-12,16-21H2,1-2H3/b23-15+/t22?,24-,25+,26-,27+,28+,29?,30?/m0/s1. The van der Waals surface area contributed by atoms with Crippen LogP contribution in [0.4, 0.5) is 0 Å². The van der Waals surface area contributed by atoms with Gasteiger partial charge in [0.2, 0.25) is 0 Å². The monoisotopic (exact) mass is 484 g/mol. The van der Waals surface area contributed by atoms with E-state index in [4.69, 9.17) is 18.9 Å². The SMILES string of the molecule is CCC#CCC(C)[C@@H](C#C[C@@H]1[C@H]2C/C(=C/CO)C[C@H]2C[C@H]1OC1CCCCO1)OC1CCCCO1. The minimum absolute atomic E-state index is 0.0954. The van der Waals surface area contributed by atoms with Crippen molar-refractivity contribution in [1.82, 2.24) is 0 Å². The van der Waals surface area contributed by atoms with Gasteiger partial charge in [-0.2, -0.15) is 0 Å². The van der Waals surface area contributed by atoms with Gasteiger partial charge in [0, 0.05) is 32.0 Å². The summed E-state index contributed by atoms with van der Waals surface area (Å²) in [7, 11) is 0. The molecule has 0 aromatic heterocycles. The zero-order chi connectivity index (χ0) is 24.5. The zero-order valence-electron chi connectivity index (χ0n) is 21.7. The lowest BCUT2D eigenvalue weighted by Crippen LogP contribution is -2.32.